The van der Waals surface area contributed by atoms with Gasteiger partial charge in [-0.15, -0.1) is 0 Å². The lowest BCUT2D eigenvalue weighted by Gasteiger charge is -2.09. The van der Waals surface area contributed by atoms with Crippen molar-refractivity contribution in [3.8, 4) is 17.3 Å². The third-order valence-corrected chi connectivity index (χ3v) is 4.59. The van der Waals surface area contributed by atoms with Crippen molar-refractivity contribution in [2.45, 2.75) is 19.0 Å². The van der Waals surface area contributed by atoms with Crippen molar-refractivity contribution in [2.24, 2.45) is 0 Å². The van der Waals surface area contributed by atoms with Crippen molar-refractivity contribution in [3.63, 3.8) is 0 Å². The average Bonchev–Trinajstić information content (AvgIpc) is 2.77. The summed E-state index contributed by atoms with van der Waals surface area (Å²) >= 11 is 0. The predicted molar refractivity (Wildman–Crippen MR) is 109 cm³/mol. The number of hydrogen-bond acceptors (Lipinski definition) is 5. The Kier molecular flexibility index (Phi) is 5.66. The Labute approximate surface area is 174 Å². The Bertz CT molecular complexity index is 1260. The molecule has 31 heavy (non-hydrogen) atoms. The van der Waals surface area contributed by atoms with Crippen LogP contribution in [0.5, 0.6) is 5.75 Å². The van der Waals surface area contributed by atoms with Gasteiger partial charge in [-0.05, 0) is 60.9 Å². The smallest absolute Gasteiger partial charge is 0.433 e. The molecule has 0 spiro atoms. The van der Waals surface area contributed by atoms with E-state index in [1.54, 1.807) is 30.6 Å². The number of halogens is 3. The summed E-state index contributed by atoms with van der Waals surface area (Å²) < 4.78 is 44.5. The lowest BCUT2D eigenvalue weighted by Crippen LogP contribution is -2.12. The van der Waals surface area contributed by atoms with Gasteiger partial charge in [-0.1, -0.05) is 6.07 Å². The van der Waals surface area contributed by atoms with Gasteiger partial charge in [0, 0.05) is 12.4 Å². The predicted octanol–water partition coefficient (Wildman–Crippen LogP) is 4.41. The molecular formula is C22H17F3N4O2. The maximum Gasteiger partial charge on any atom is 0.433 e. The van der Waals surface area contributed by atoms with Crippen LogP contribution < -0.4 is 10.3 Å². The Hall–Kier alpha value is -3.75. The van der Waals surface area contributed by atoms with Crippen molar-refractivity contribution in [1.82, 2.24) is 19.9 Å². The second kappa shape index (κ2) is 8.55. The van der Waals surface area contributed by atoms with E-state index in [1.807, 2.05) is 12.1 Å². The molecule has 0 aliphatic heterocycles. The first-order valence-electron chi connectivity index (χ1n) is 9.50. The standard InChI is InChI=1S/C22H17F3N4O2/c23-22(24,25)19-5-1-4-18(27-19)20-28-17-7-6-15(13-16(17)21(30)29-20)31-12-2-3-14-8-10-26-11-9-14/h1,4-11,13H,2-3,12H2,(H,28,29,30). The fraction of sp³-hybridized carbons (Fsp3) is 0.182. The van der Waals surface area contributed by atoms with E-state index in [9.17, 15) is 18.0 Å². The molecule has 3 heterocycles. The van der Waals surface area contributed by atoms with Crippen LogP contribution in [0.1, 0.15) is 17.7 Å². The summed E-state index contributed by atoms with van der Waals surface area (Å²) in [5, 5.41) is 0.280. The van der Waals surface area contributed by atoms with Gasteiger partial charge in [-0.3, -0.25) is 9.78 Å². The molecule has 0 saturated carbocycles. The number of alkyl halides is 3. The van der Waals surface area contributed by atoms with Crippen molar-refractivity contribution in [3.05, 3.63) is 82.5 Å². The highest BCUT2D eigenvalue weighted by atomic mass is 19.4. The quantitative estimate of drug-likeness (QED) is 0.462. The van der Waals surface area contributed by atoms with Gasteiger partial charge in [0.1, 0.15) is 17.1 Å². The minimum absolute atomic E-state index is 0.0328. The number of aryl methyl sites for hydroxylation is 1. The first kappa shape index (κ1) is 20.5. The number of hydrogen-bond donors (Lipinski definition) is 1. The van der Waals surface area contributed by atoms with Crippen LogP contribution in [-0.2, 0) is 12.6 Å². The summed E-state index contributed by atoms with van der Waals surface area (Å²) in [4.78, 5) is 26.8. The van der Waals surface area contributed by atoms with Gasteiger partial charge in [0.05, 0.1) is 17.5 Å². The number of pyridine rings is 2. The van der Waals surface area contributed by atoms with Gasteiger partial charge >= 0.3 is 6.18 Å². The third kappa shape index (κ3) is 4.88. The van der Waals surface area contributed by atoms with Gasteiger partial charge in [-0.2, -0.15) is 13.2 Å². The molecule has 0 saturated heterocycles. The van der Waals surface area contributed by atoms with E-state index in [2.05, 4.69) is 19.9 Å². The zero-order valence-electron chi connectivity index (χ0n) is 16.2. The fourth-order valence-corrected chi connectivity index (χ4v) is 3.07. The van der Waals surface area contributed by atoms with Crippen LogP contribution in [0.15, 0.2) is 65.7 Å². The lowest BCUT2D eigenvalue weighted by atomic mass is 10.1. The van der Waals surface area contributed by atoms with Gasteiger partial charge in [0.15, 0.2) is 5.82 Å². The van der Waals surface area contributed by atoms with Gasteiger partial charge in [0.2, 0.25) is 0 Å². The number of benzene rings is 1. The first-order chi connectivity index (χ1) is 14.9. The molecule has 0 atom stereocenters. The maximum absolute atomic E-state index is 12.9. The second-order valence-corrected chi connectivity index (χ2v) is 6.81. The van der Waals surface area contributed by atoms with Crippen LogP contribution in [-0.4, -0.2) is 26.5 Å². The van der Waals surface area contributed by atoms with E-state index in [0.717, 1.165) is 24.5 Å². The van der Waals surface area contributed by atoms with Crippen molar-refractivity contribution in [1.29, 1.82) is 0 Å². The largest absolute Gasteiger partial charge is 0.494 e. The Morgan fingerprint density at radius 1 is 1.00 bits per heavy atom. The summed E-state index contributed by atoms with van der Waals surface area (Å²) in [5.74, 6) is 0.481. The molecule has 0 bridgehead atoms. The molecule has 1 aromatic carbocycles. The average molecular weight is 426 g/mol. The van der Waals surface area contributed by atoms with Crippen molar-refractivity contribution < 1.29 is 17.9 Å². The van der Waals surface area contributed by atoms with E-state index in [1.165, 1.54) is 12.1 Å². The Morgan fingerprint density at radius 2 is 1.81 bits per heavy atom. The third-order valence-electron chi connectivity index (χ3n) is 4.59. The normalized spacial score (nSPS) is 11.6. The maximum atomic E-state index is 12.9. The van der Waals surface area contributed by atoms with Crippen LogP contribution in [0.25, 0.3) is 22.4 Å². The molecule has 0 aliphatic carbocycles. The van der Waals surface area contributed by atoms with E-state index in [4.69, 9.17) is 4.74 Å². The summed E-state index contributed by atoms with van der Waals surface area (Å²) in [7, 11) is 0. The zero-order chi connectivity index (χ0) is 21.8. The number of aromatic nitrogens is 4. The minimum atomic E-state index is -4.59. The van der Waals surface area contributed by atoms with E-state index < -0.39 is 17.4 Å². The van der Waals surface area contributed by atoms with Crippen LogP contribution in [0.4, 0.5) is 13.2 Å². The molecular weight excluding hydrogens is 409 g/mol. The van der Waals surface area contributed by atoms with Gasteiger partial charge in [0.25, 0.3) is 5.56 Å². The number of ether oxygens (including phenoxy) is 1. The summed E-state index contributed by atoms with van der Waals surface area (Å²) in [5.41, 5.74) is -0.106. The number of H-pyrrole nitrogens is 1. The molecule has 4 aromatic rings. The van der Waals surface area contributed by atoms with Gasteiger partial charge < -0.3 is 9.72 Å². The number of aromatic amines is 1. The molecule has 6 nitrogen and oxygen atoms in total. The molecule has 9 heteroatoms. The molecule has 158 valence electrons. The molecule has 0 radical (unpaired) electrons. The molecule has 3 aromatic heterocycles. The SMILES string of the molecule is O=c1[nH]c(-c2cccc(C(F)(F)F)n2)nc2ccc(OCCCc3ccncc3)cc12. The van der Waals surface area contributed by atoms with E-state index in [0.29, 0.717) is 17.9 Å². The molecule has 1 N–H and O–H groups in total. The lowest BCUT2D eigenvalue weighted by molar-refractivity contribution is -0.141. The molecule has 0 aliphatic rings. The highest BCUT2D eigenvalue weighted by Gasteiger charge is 2.32. The summed E-state index contributed by atoms with van der Waals surface area (Å²) in [6.45, 7) is 0.464. The zero-order valence-corrected chi connectivity index (χ0v) is 16.2. The van der Waals surface area contributed by atoms with Crippen molar-refractivity contribution >= 4 is 10.9 Å². The van der Waals surface area contributed by atoms with Crippen molar-refractivity contribution in [2.75, 3.05) is 6.61 Å². The monoisotopic (exact) mass is 426 g/mol. The number of nitrogens with one attached hydrogen (secondary N) is 1. The number of fused-ring (bicyclic) bond motifs is 1. The Balaban J connectivity index is 1.51. The van der Waals surface area contributed by atoms with Crippen LogP contribution in [0.2, 0.25) is 0 Å². The summed E-state index contributed by atoms with van der Waals surface area (Å²) in [6, 6.07) is 12.2. The van der Waals surface area contributed by atoms with E-state index >= 15 is 0 Å². The van der Waals surface area contributed by atoms with Crippen LogP contribution in [0.3, 0.4) is 0 Å². The Morgan fingerprint density at radius 3 is 2.58 bits per heavy atom. The second-order valence-electron chi connectivity index (χ2n) is 6.81. The summed E-state index contributed by atoms with van der Waals surface area (Å²) in [6.07, 6.45) is 0.517. The highest BCUT2D eigenvalue weighted by molar-refractivity contribution is 5.80. The molecule has 4 rings (SSSR count). The first-order valence-corrected chi connectivity index (χ1v) is 9.50. The molecule has 0 fully saturated rings. The fourth-order valence-electron chi connectivity index (χ4n) is 3.07. The van der Waals surface area contributed by atoms with Crippen LogP contribution >= 0.6 is 0 Å². The minimum Gasteiger partial charge on any atom is -0.494 e. The molecule has 0 unspecified atom stereocenters. The topological polar surface area (TPSA) is 80.8 Å². The molecule has 0 amide bonds. The van der Waals surface area contributed by atoms with Crippen LogP contribution in [0, 0.1) is 0 Å². The number of nitrogens with zero attached hydrogens (tertiary/aromatic N) is 3. The van der Waals surface area contributed by atoms with E-state index in [-0.39, 0.29) is 16.9 Å². The number of rotatable bonds is 6. The van der Waals surface area contributed by atoms with Gasteiger partial charge in [-0.25, -0.2) is 9.97 Å². The highest BCUT2D eigenvalue weighted by Crippen LogP contribution is 2.29.